The van der Waals surface area contributed by atoms with Crippen molar-refractivity contribution in [2.45, 2.75) is 26.7 Å². The van der Waals surface area contributed by atoms with E-state index in [1.54, 1.807) is 6.07 Å². The van der Waals surface area contributed by atoms with Gasteiger partial charge in [0.15, 0.2) is 5.78 Å². The second kappa shape index (κ2) is 7.85. The van der Waals surface area contributed by atoms with E-state index in [1.807, 2.05) is 32.0 Å². The van der Waals surface area contributed by atoms with E-state index in [-0.39, 0.29) is 5.78 Å². The van der Waals surface area contributed by atoms with E-state index in [2.05, 4.69) is 0 Å². The lowest BCUT2D eigenvalue weighted by atomic mass is 10.1. The summed E-state index contributed by atoms with van der Waals surface area (Å²) in [6, 6.07) is 7.34. The smallest absolute Gasteiger partial charge is 0.168 e. The molecular weight excluding hydrogens is 216 g/mol. The maximum Gasteiger partial charge on any atom is 0.168 e. The van der Waals surface area contributed by atoms with Gasteiger partial charge in [0.2, 0.25) is 0 Å². The Morgan fingerprint density at radius 1 is 1.18 bits per heavy atom. The SMILES string of the molecule is CCCOCCC(=O)c1ccccc1OCC. The van der Waals surface area contributed by atoms with Crippen LogP contribution in [0.4, 0.5) is 0 Å². The predicted molar refractivity (Wildman–Crippen MR) is 67.7 cm³/mol. The number of hydrogen-bond donors (Lipinski definition) is 0. The Balaban J connectivity index is 2.55. The first-order valence-electron chi connectivity index (χ1n) is 6.12. The van der Waals surface area contributed by atoms with Crippen molar-refractivity contribution in [3.63, 3.8) is 0 Å². The van der Waals surface area contributed by atoms with Crippen LogP contribution in [0.15, 0.2) is 24.3 Å². The van der Waals surface area contributed by atoms with Crippen molar-refractivity contribution in [2.75, 3.05) is 19.8 Å². The fraction of sp³-hybridized carbons (Fsp3) is 0.500. The van der Waals surface area contributed by atoms with Crippen LogP contribution in [-0.2, 0) is 4.74 Å². The lowest BCUT2D eigenvalue weighted by Gasteiger charge is -2.09. The fourth-order valence-electron chi connectivity index (χ4n) is 1.52. The normalized spacial score (nSPS) is 10.2. The summed E-state index contributed by atoms with van der Waals surface area (Å²) < 4.78 is 10.7. The number of rotatable bonds is 8. The largest absolute Gasteiger partial charge is 0.493 e. The number of para-hydroxylation sites is 1. The third-order valence-electron chi connectivity index (χ3n) is 2.31. The highest BCUT2D eigenvalue weighted by molar-refractivity contribution is 5.98. The fourth-order valence-corrected chi connectivity index (χ4v) is 1.52. The summed E-state index contributed by atoms with van der Waals surface area (Å²) in [6.45, 7) is 5.71. The van der Waals surface area contributed by atoms with Gasteiger partial charge in [-0.15, -0.1) is 0 Å². The van der Waals surface area contributed by atoms with Crippen LogP contribution < -0.4 is 4.74 Å². The minimum atomic E-state index is 0.0742. The molecule has 0 N–H and O–H groups in total. The Labute approximate surface area is 103 Å². The molecule has 0 spiro atoms. The first-order chi connectivity index (χ1) is 8.29. The molecule has 0 aliphatic heterocycles. The van der Waals surface area contributed by atoms with Gasteiger partial charge in [0.05, 0.1) is 18.8 Å². The second-order valence-electron chi connectivity index (χ2n) is 3.71. The highest BCUT2D eigenvalue weighted by Gasteiger charge is 2.11. The number of carbonyl (C=O) groups is 1. The van der Waals surface area contributed by atoms with Crippen molar-refractivity contribution in [2.24, 2.45) is 0 Å². The molecule has 1 rings (SSSR count). The molecule has 0 saturated carbocycles. The molecule has 3 heteroatoms. The molecule has 0 bridgehead atoms. The molecule has 1 aromatic rings. The van der Waals surface area contributed by atoms with Crippen LogP contribution in [0.3, 0.4) is 0 Å². The van der Waals surface area contributed by atoms with Gasteiger partial charge in [-0.05, 0) is 25.5 Å². The average Bonchev–Trinajstić information content (AvgIpc) is 2.35. The van der Waals surface area contributed by atoms with Crippen molar-refractivity contribution in [3.05, 3.63) is 29.8 Å². The lowest BCUT2D eigenvalue weighted by molar-refractivity contribution is 0.0875. The molecule has 0 aromatic heterocycles. The minimum absolute atomic E-state index is 0.0742. The summed E-state index contributed by atoms with van der Waals surface area (Å²) in [4.78, 5) is 11.9. The van der Waals surface area contributed by atoms with Crippen LogP contribution in [0.2, 0.25) is 0 Å². The molecule has 17 heavy (non-hydrogen) atoms. The third kappa shape index (κ3) is 4.57. The molecule has 0 fully saturated rings. The number of ketones is 1. The molecule has 0 aliphatic rings. The van der Waals surface area contributed by atoms with E-state index < -0.39 is 0 Å². The number of hydrogen-bond acceptors (Lipinski definition) is 3. The van der Waals surface area contributed by atoms with Crippen molar-refractivity contribution in [1.82, 2.24) is 0 Å². The molecule has 0 aliphatic carbocycles. The monoisotopic (exact) mass is 236 g/mol. The minimum Gasteiger partial charge on any atom is -0.493 e. The van der Waals surface area contributed by atoms with Crippen molar-refractivity contribution in [1.29, 1.82) is 0 Å². The van der Waals surface area contributed by atoms with Crippen LogP contribution in [0.5, 0.6) is 5.75 Å². The van der Waals surface area contributed by atoms with Gasteiger partial charge in [0, 0.05) is 13.0 Å². The van der Waals surface area contributed by atoms with Gasteiger partial charge in [-0.3, -0.25) is 4.79 Å². The zero-order valence-electron chi connectivity index (χ0n) is 10.6. The highest BCUT2D eigenvalue weighted by Crippen LogP contribution is 2.19. The average molecular weight is 236 g/mol. The number of ether oxygens (including phenoxy) is 2. The molecule has 0 amide bonds. The number of carbonyl (C=O) groups excluding carboxylic acids is 1. The van der Waals surface area contributed by atoms with Crippen molar-refractivity contribution in [3.8, 4) is 5.75 Å². The summed E-state index contributed by atoms with van der Waals surface area (Å²) in [6.07, 6.45) is 1.38. The van der Waals surface area contributed by atoms with Crippen LogP contribution in [0.25, 0.3) is 0 Å². The first kappa shape index (κ1) is 13.7. The number of Topliss-reactive ketones (excluding diaryl/α,β-unsaturated/α-hetero) is 1. The van der Waals surface area contributed by atoms with Gasteiger partial charge >= 0.3 is 0 Å². The van der Waals surface area contributed by atoms with E-state index in [0.717, 1.165) is 6.42 Å². The zero-order chi connectivity index (χ0) is 12.5. The van der Waals surface area contributed by atoms with Gasteiger partial charge < -0.3 is 9.47 Å². The molecule has 0 atom stereocenters. The molecule has 94 valence electrons. The summed E-state index contributed by atoms with van der Waals surface area (Å²) in [5, 5.41) is 0. The Morgan fingerprint density at radius 3 is 2.65 bits per heavy atom. The quantitative estimate of drug-likeness (QED) is 0.514. The van der Waals surface area contributed by atoms with E-state index in [4.69, 9.17) is 9.47 Å². The van der Waals surface area contributed by atoms with Gasteiger partial charge in [0.25, 0.3) is 0 Å². The lowest BCUT2D eigenvalue weighted by Crippen LogP contribution is -2.07. The molecule has 3 nitrogen and oxygen atoms in total. The van der Waals surface area contributed by atoms with Crippen LogP contribution in [-0.4, -0.2) is 25.6 Å². The van der Waals surface area contributed by atoms with E-state index in [1.165, 1.54) is 0 Å². The number of benzene rings is 1. The topological polar surface area (TPSA) is 35.5 Å². The Hall–Kier alpha value is -1.35. The van der Waals surface area contributed by atoms with Crippen molar-refractivity contribution < 1.29 is 14.3 Å². The molecule has 0 unspecified atom stereocenters. The van der Waals surface area contributed by atoms with E-state index in [0.29, 0.717) is 37.6 Å². The van der Waals surface area contributed by atoms with Crippen LogP contribution >= 0.6 is 0 Å². The summed E-state index contributed by atoms with van der Waals surface area (Å²) in [5.41, 5.74) is 0.648. The summed E-state index contributed by atoms with van der Waals surface area (Å²) in [7, 11) is 0. The molecular formula is C14H20O3. The molecule has 0 saturated heterocycles. The van der Waals surface area contributed by atoms with Crippen LogP contribution in [0, 0.1) is 0 Å². The third-order valence-corrected chi connectivity index (χ3v) is 2.31. The van der Waals surface area contributed by atoms with E-state index >= 15 is 0 Å². The summed E-state index contributed by atoms with van der Waals surface area (Å²) in [5.74, 6) is 0.737. The first-order valence-corrected chi connectivity index (χ1v) is 6.12. The van der Waals surface area contributed by atoms with Gasteiger partial charge in [-0.1, -0.05) is 19.1 Å². The van der Waals surface area contributed by atoms with Gasteiger partial charge in [-0.2, -0.15) is 0 Å². The Morgan fingerprint density at radius 2 is 1.94 bits per heavy atom. The zero-order valence-corrected chi connectivity index (χ0v) is 10.6. The molecule has 1 aromatic carbocycles. The van der Waals surface area contributed by atoms with Gasteiger partial charge in [-0.25, -0.2) is 0 Å². The van der Waals surface area contributed by atoms with E-state index in [9.17, 15) is 4.79 Å². The van der Waals surface area contributed by atoms with Gasteiger partial charge in [0.1, 0.15) is 5.75 Å². The summed E-state index contributed by atoms with van der Waals surface area (Å²) >= 11 is 0. The predicted octanol–water partition coefficient (Wildman–Crippen LogP) is 3.08. The standard InChI is InChI=1S/C14H20O3/c1-3-10-16-11-9-13(15)12-7-5-6-8-14(12)17-4-2/h5-8H,3-4,9-11H2,1-2H3. The van der Waals surface area contributed by atoms with Crippen molar-refractivity contribution >= 4 is 5.78 Å². The molecule has 0 heterocycles. The Kier molecular flexibility index (Phi) is 6.33. The molecule has 0 radical (unpaired) electrons. The second-order valence-corrected chi connectivity index (χ2v) is 3.71. The maximum atomic E-state index is 11.9. The van der Waals surface area contributed by atoms with Crippen LogP contribution in [0.1, 0.15) is 37.0 Å². The highest BCUT2D eigenvalue weighted by atomic mass is 16.5. The maximum absolute atomic E-state index is 11.9. The Bertz CT molecular complexity index is 347.